The van der Waals surface area contributed by atoms with E-state index >= 15 is 4.39 Å². The Morgan fingerprint density at radius 2 is 1.97 bits per heavy atom. The SMILES string of the molecule is CCC[C@H](N[C@H](C(F)(F)F)C1(F)C=CC(c2ccccc2F)=CC1)C(=O)NC1(C#N)CC1. The van der Waals surface area contributed by atoms with E-state index in [0.717, 1.165) is 12.2 Å². The minimum atomic E-state index is -5.00. The number of nitrogens with zero attached hydrogens (tertiary/aromatic N) is 1. The fourth-order valence-electron chi connectivity index (χ4n) is 3.74. The number of rotatable bonds is 8. The Morgan fingerprint density at radius 3 is 2.47 bits per heavy atom. The molecule has 0 spiro atoms. The van der Waals surface area contributed by atoms with Crippen LogP contribution in [-0.2, 0) is 4.79 Å². The summed E-state index contributed by atoms with van der Waals surface area (Å²) in [5, 5.41) is 13.8. The van der Waals surface area contributed by atoms with E-state index in [4.69, 9.17) is 5.26 Å². The van der Waals surface area contributed by atoms with Gasteiger partial charge in [-0.2, -0.15) is 18.4 Å². The van der Waals surface area contributed by atoms with Crippen molar-refractivity contribution in [1.82, 2.24) is 10.6 Å². The van der Waals surface area contributed by atoms with E-state index in [9.17, 15) is 22.4 Å². The average molecular weight is 453 g/mol. The Bertz CT molecular complexity index is 961. The van der Waals surface area contributed by atoms with Crippen molar-refractivity contribution in [3.63, 3.8) is 0 Å². The van der Waals surface area contributed by atoms with Crippen molar-refractivity contribution in [1.29, 1.82) is 5.26 Å². The average Bonchev–Trinajstić information content (AvgIpc) is 3.51. The van der Waals surface area contributed by atoms with E-state index in [-0.39, 0.29) is 17.6 Å². The first-order chi connectivity index (χ1) is 15.0. The zero-order valence-corrected chi connectivity index (χ0v) is 17.5. The third kappa shape index (κ3) is 5.18. The molecule has 0 bridgehead atoms. The lowest BCUT2D eigenvalue weighted by Gasteiger charge is -2.37. The number of amides is 1. The van der Waals surface area contributed by atoms with Crippen LogP contribution in [0.1, 0.15) is 44.6 Å². The van der Waals surface area contributed by atoms with Crippen LogP contribution in [0.25, 0.3) is 5.57 Å². The monoisotopic (exact) mass is 453 g/mol. The number of nitrogens with one attached hydrogen (secondary N) is 2. The standard InChI is InChI=1S/C23H24F5N3O/c1-2-5-18(19(32)31-21(14-29)12-13-21)30-20(23(26,27)28)22(25)10-8-15(9-11-22)16-6-3-4-7-17(16)24/h3-4,6-10,18,20,30H,2,5,11-13H2,1H3,(H,31,32)/t18-,20-,22?/m0/s1. The fraction of sp³-hybridized carbons (Fsp3) is 0.478. The van der Waals surface area contributed by atoms with Gasteiger partial charge in [-0.25, -0.2) is 8.78 Å². The van der Waals surface area contributed by atoms with Gasteiger partial charge in [0.15, 0.2) is 5.67 Å². The van der Waals surface area contributed by atoms with Crippen LogP contribution in [-0.4, -0.2) is 35.4 Å². The number of nitriles is 1. The van der Waals surface area contributed by atoms with Crippen molar-refractivity contribution in [2.45, 2.75) is 68.5 Å². The van der Waals surface area contributed by atoms with Crippen LogP contribution in [0, 0.1) is 17.1 Å². The molecule has 0 aliphatic heterocycles. The van der Waals surface area contributed by atoms with Crippen molar-refractivity contribution < 1.29 is 26.7 Å². The summed E-state index contributed by atoms with van der Waals surface area (Å²) in [6.07, 6.45) is -1.24. The zero-order chi connectivity index (χ0) is 23.6. The molecule has 2 aliphatic carbocycles. The molecule has 0 aromatic heterocycles. The highest BCUT2D eigenvalue weighted by Gasteiger charge is 2.55. The summed E-state index contributed by atoms with van der Waals surface area (Å²) in [6.45, 7) is 1.69. The van der Waals surface area contributed by atoms with Gasteiger partial charge in [-0.15, -0.1) is 0 Å². The normalized spacial score (nSPS) is 23.6. The fourth-order valence-corrected chi connectivity index (χ4v) is 3.74. The first kappa shape index (κ1) is 23.9. The Kier molecular flexibility index (Phi) is 6.75. The molecule has 1 aromatic carbocycles. The minimum absolute atomic E-state index is 0.0377. The number of allylic oxidation sites excluding steroid dienone is 3. The highest BCUT2D eigenvalue weighted by atomic mass is 19.4. The van der Waals surface area contributed by atoms with Gasteiger partial charge in [0.2, 0.25) is 5.91 Å². The third-order valence-electron chi connectivity index (χ3n) is 5.76. The molecule has 0 heterocycles. The third-order valence-corrected chi connectivity index (χ3v) is 5.76. The molecule has 1 aromatic rings. The van der Waals surface area contributed by atoms with Crippen molar-refractivity contribution in [2.24, 2.45) is 0 Å². The molecule has 0 saturated heterocycles. The Hall–Kier alpha value is -2.73. The molecule has 3 rings (SSSR count). The molecule has 2 aliphatic rings. The summed E-state index contributed by atoms with van der Waals surface area (Å²) < 4.78 is 71.4. The van der Waals surface area contributed by atoms with Crippen LogP contribution in [0.2, 0.25) is 0 Å². The molecule has 0 radical (unpaired) electrons. The van der Waals surface area contributed by atoms with Gasteiger partial charge in [-0.05, 0) is 37.0 Å². The molecule has 1 fully saturated rings. The number of alkyl halides is 4. The summed E-state index contributed by atoms with van der Waals surface area (Å²) in [5.41, 5.74) is -3.47. The van der Waals surface area contributed by atoms with Gasteiger partial charge < -0.3 is 5.32 Å². The summed E-state index contributed by atoms with van der Waals surface area (Å²) in [7, 11) is 0. The second kappa shape index (κ2) is 9.02. The first-order valence-corrected chi connectivity index (χ1v) is 10.4. The Morgan fingerprint density at radius 1 is 1.28 bits per heavy atom. The van der Waals surface area contributed by atoms with Crippen LogP contribution in [0.3, 0.4) is 0 Å². The van der Waals surface area contributed by atoms with E-state index < -0.39 is 47.6 Å². The Labute approximate surface area is 183 Å². The largest absolute Gasteiger partial charge is 0.407 e. The summed E-state index contributed by atoms with van der Waals surface area (Å²) in [5.74, 6) is -1.32. The summed E-state index contributed by atoms with van der Waals surface area (Å²) >= 11 is 0. The molecular formula is C23H24F5N3O. The number of carbonyl (C=O) groups excluding carboxylic acids is 1. The number of halogens is 5. The second-order valence-corrected chi connectivity index (χ2v) is 8.27. The van der Waals surface area contributed by atoms with Gasteiger partial charge in [0.25, 0.3) is 0 Å². The second-order valence-electron chi connectivity index (χ2n) is 8.27. The van der Waals surface area contributed by atoms with Crippen LogP contribution < -0.4 is 10.6 Å². The molecule has 172 valence electrons. The van der Waals surface area contributed by atoms with E-state index in [1.165, 1.54) is 24.3 Å². The number of hydrogen-bond donors (Lipinski definition) is 2. The van der Waals surface area contributed by atoms with E-state index in [2.05, 4.69) is 10.6 Å². The molecule has 9 heteroatoms. The lowest BCUT2D eigenvalue weighted by atomic mass is 9.84. The predicted molar refractivity (Wildman–Crippen MR) is 109 cm³/mol. The molecule has 32 heavy (non-hydrogen) atoms. The molecule has 1 unspecified atom stereocenters. The smallest absolute Gasteiger partial charge is 0.336 e. The minimum Gasteiger partial charge on any atom is -0.336 e. The van der Waals surface area contributed by atoms with Crippen molar-refractivity contribution in [3.05, 3.63) is 53.9 Å². The first-order valence-electron chi connectivity index (χ1n) is 10.4. The molecular weight excluding hydrogens is 429 g/mol. The lowest BCUT2D eigenvalue weighted by molar-refractivity contribution is -0.182. The van der Waals surface area contributed by atoms with Gasteiger partial charge >= 0.3 is 6.18 Å². The van der Waals surface area contributed by atoms with Crippen LogP contribution in [0.15, 0.2) is 42.5 Å². The molecule has 1 amide bonds. The topological polar surface area (TPSA) is 64.9 Å². The van der Waals surface area contributed by atoms with Crippen LogP contribution in [0.5, 0.6) is 0 Å². The van der Waals surface area contributed by atoms with E-state index in [1.54, 1.807) is 13.0 Å². The van der Waals surface area contributed by atoms with Crippen LogP contribution in [0.4, 0.5) is 22.0 Å². The number of carbonyl (C=O) groups is 1. The van der Waals surface area contributed by atoms with E-state index in [1.807, 2.05) is 6.07 Å². The zero-order valence-electron chi connectivity index (χ0n) is 17.5. The van der Waals surface area contributed by atoms with Gasteiger partial charge in [0, 0.05) is 12.0 Å². The van der Waals surface area contributed by atoms with Gasteiger partial charge in [0.05, 0.1) is 12.1 Å². The highest BCUT2D eigenvalue weighted by molar-refractivity contribution is 5.83. The maximum Gasteiger partial charge on any atom is 0.407 e. The van der Waals surface area contributed by atoms with Crippen molar-refractivity contribution >= 4 is 11.5 Å². The summed E-state index contributed by atoms with van der Waals surface area (Å²) in [4.78, 5) is 12.6. The summed E-state index contributed by atoms with van der Waals surface area (Å²) in [6, 6.07) is 3.69. The maximum absolute atomic E-state index is 15.6. The van der Waals surface area contributed by atoms with Crippen molar-refractivity contribution in [3.8, 4) is 6.07 Å². The van der Waals surface area contributed by atoms with Gasteiger partial charge in [-0.3, -0.25) is 10.1 Å². The molecule has 1 saturated carbocycles. The predicted octanol–water partition coefficient (Wildman–Crippen LogP) is 4.74. The molecule has 3 atom stereocenters. The van der Waals surface area contributed by atoms with Crippen molar-refractivity contribution in [2.75, 3.05) is 0 Å². The number of benzene rings is 1. The van der Waals surface area contributed by atoms with Gasteiger partial charge in [-0.1, -0.05) is 43.7 Å². The highest BCUT2D eigenvalue weighted by Crippen LogP contribution is 2.40. The van der Waals surface area contributed by atoms with E-state index in [0.29, 0.717) is 19.3 Å². The quantitative estimate of drug-likeness (QED) is 0.559. The number of hydrogen-bond acceptors (Lipinski definition) is 3. The Balaban J connectivity index is 1.81. The lowest BCUT2D eigenvalue weighted by Crippen LogP contribution is -2.62. The maximum atomic E-state index is 15.6. The molecule has 2 N–H and O–H groups in total. The molecule has 4 nitrogen and oxygen atoms in total. The van der Waals surface area contributed by atoms with Gasteiger partial charge in [0.1, 0.15) is 17.4 Å². The van der Waals surface area contributed by atoms with Crippen LogP contribution >= 0.6 is 0 Å².